The molecule has 0 amide bonds. The molecule has 2 aromatic carbocycles. The van der Waals surface area contributed by atoms with Crippen LogP contribution < -0.4 is 9.47 Å². The van der Waals surface area contributed by atoms with E-state index in [0.717, 1.165) is 54.4 Å². The number of alkyl halides is 2. The summed E-state index contributed by atoms with van der Waals surface area (Å²) in [5.41, 5.74) is 0.920. The Labute approximate surface area is 272 Å². The highest BCUT2D eigenvalue weighted by molar-refractivity contribution is 5.66. The molecule has 0 radical (unpaired) electrons. The van der Waals surface area contributed by atoms with E-state index < -0.39 is 23.4 Å². The van der Waals surface area contributed by atoms with Gasteiger partial charge in [0.2, 0.25) is 0 Å². The number of ether oxygens (including phenoxy) is 2. The standard InChI is InChI=1S/C39H49F3N2O2/c40-37-33(23-24-34-36(37)39(41,42)35(46-34)14-10-5-3-1-2-4-8-12-28-15-16-28)38-43-26-31(27-44-38)30-19-21-32(22-20-30)45-25-11-7-6-9-13-29-17-18-29/h19-24,26-29,35H,1-18,25H2. The van der Waals surface area contributed by atoms with Gasteiger partial charge in [-0.3, -0.25) is 0 Å². The van der Waals surface area contributed by atoms with Gasteiger partial charge < -0.3 is 9.47 Å². The summed E-state index contributed by atoms with van der Waals surface area (Å²) in [5, 5.41) is 0. The molecule has 2 aliphatic carbocycles. The van der Waals surface area contributed by atoms with Crippen molar-refractivity contribution >= 4 is 0 Å². The number of rotatable bonds is 20. The number of fused-ring (bicyclic) bond motifs is 1. The maximum Gasteiger partial charge on any atom is 0.315 e. The summed E-state index contributed by atoms with van der Waals surface area (Å²) in [6, 6.07) is 10.6. The molecular weight excluding hydrogens is 585 g/mol. The first-order chi connectivity index (χ1) is 22.5. The summed E-state index contributed by atoms with van der Waals surface area (Å²) >= 11 is 0. The van der Waals surface area contributed by atoms with Crippen LogP contribution in [0.2, 0.25) is 0 Å². The fourth-order valence-electron chi connectivity index (χ4n) is 6.67. The van der Waals surface area contributed by atoms with Crippen LogP contribution in [-0.2, 0) is 5.92 Å². The van der Waals surface area contributed by atoms with Crippen LogP contribution in [0.1, 0.15) is 121 Å². The number of hydrogen-bond acceptors (Lipinski definition) is 4. The van der Waals surface area contributed by atoms with Crippen molar-refractivity contribution in [1.82, 2.24) is 9.97 Å². The van der Waals surface area contributed by atoms with Gasteiger partial charge >= 0.3 is 5.92 Å². The lowest BCUT2D eigenvalue weighted by Crippen LogP contribution is -2.30. The van der Waals surface area contributed by atoms with Gasteiger partial charge in [0.15, 0.2) is 11.9 Å². The van der Waals surface area contributed by atoms with Gasteiger partial charge in [-0.1, -0.05) is 108 Å². The Morgan fingerprint density at radius 3 is 1.85 bits per heavy atom. The van der Waals surface area contributed by atoms with E-state index >= 15 is 13.2 Å². The topological polar surface area (TPSA) is 44.2 Å². The Balaban J connectivity index is 0.963. The third-order valence-electron chi connectivity index (χ3n) is 9.94. The number of hydrogen-bond donors (Lipinski definition) is 0. The van der Waals surface area contributed by atoms with Crippen molar-refractivity contribution in [3.63, 3.8) is 0 Å². The zero-order valence-corrected chi connectivity index (χ0v) is 27.1. The first kappa shape index (κ1) is 32.8. The number of nitrogens with zero attached hydrogens (tertiary/aromatic N) is 2. The number of aromatic nitrogens is 2. The van der Waals surface area contributed by atoms with Crippen molar-refractivity contribution in [2.45, 2.75) is 128 Å². The first-order valence-electron chi connectivity index (χ1n) is 17.9. The summed E-state index contributed by atoms with van der Waals surface area (Å²) in [6.07, 6.45) is 22.9. The smallest absolute Gasteiger partial charge is 0.315 e. The number of benzene rings is 2. The zero-order valence-electron chi connectivity index (χ0n) is 27.1. The summed E-state index contributed by atoms with van der Waals surface area (Å²) in [6.45, 7) is 0.706. The molecule has 0 N–H and O–H groups in total. The number of unbranched alkanes of at least 4 members (excludes halogenated alkanes) is 9. The van der Waals surface area contributed by atoms with Gasteiger partial charge in [0.25, 0.3) is 0 Å². The second kappa shape index (κ2) is 15.7. The minimum Gasteiger partial charge on any atom is -0.494 e. The Kier molecular flexibility index (Phi) is 11.2. The molecule has 2 fully saturated rings. The molecule has 248 valence electrons. The van der Waals surface area contributed by atoms with Crippen LogP contribution in [0, 0.1) is 17.7 Å². The molecule has 46 heavy (non-hydrogen) atoms. The van der Waals surface area contributed by atoms with Crippen molar-refractivity contribution in [2.24, 2.45) is 11.8 Å². The highest BCUT2D eigenvalue weighted by Gasteiger charge is 2.53. The predicted octanol–water partition coefficient (Wildman–Crippen LogP) is 11.5. The van der Waals surface area contributed by atoms with E-state index in [9.17, 15) is 0 Å². The van der Waals surface area contributed by atoms with Crippen molar-refractivity contribution in [2.75, 3.05) is 6.61 Å². The predicted molar refractivity (Wildman–Crippen MR) is 177 cm³/mol. The van der Waals surface area contributed by atoms with E-state index in [4.69, 9.17) is 9.47 Å². The summed E-state index contributed by atoms with van der Waals surface area (Å²) in [4.78, 5) is 8.68. The largest absolute Gasteiger partial charge is 0.494 e. The molecule has 0 bridgehead atoms. The maximum atomic E-state index is 15.6. The third-order valence-corrected chi connectivity index (χ3v) is 9.94. The molecule has 2 saturated carbocycles. The first-order valence-corrected chi connectivity index (χ1v) is 17.9. The van der Waals surface area contributed by atoms with Gasteiger partial charge in [0, 0.05) is 18.0 Å². The number of halogens is 3. The van der Waals surface area contributed by atoms with Gasteiger partial charge in [-0.05, 0) is 60.9 Å². The van der Waals surface area contributed by atoms with Crippen LogP contribution in [0.25, 0.3) is 22.5 Å². The van der Waals surface area contributed by atoms with E-state index in [2.05, 4.69) is 9.97 Å². The molecule has 1 unspecified atom stereocenters. The lowest BCUT2D eigenvalue weighted by molar-refractivity contribution is -0.0811. The van der Waals surface area contributed by atoms with Crippen molar-refractivity contribution < 1.29 is 22.6 Å². The molecule has 2 heterocycles. The maximum absolute atomic E-state index is 15.6. The van der Waals surface area contributed by atoms with Gasteiger partial charge in [0.05, 0.1) is 12.2 Å². The van der Waals surface area contributed by atoms with Crippen molar-refractivity contribution in [3.05, 3.63) is 60.2 Å². The van der Waals surface area contributed by atoms with Crippen LogP contribution in [0.15, 0.2) is 48.8 Å². The van der Waals surface area contributed by atoms with Crippen LogP contribution in [0.5, 0.6) is 11.5 Å². The van der Waals surface area contributed by atoms with E-state index in [-0.39, 0.29) is 23.6 Å². The second-order valence-electron chi connectivity index (χ2n) is 13.8. The average molecular weight is 635 g/mol. The molecule has 1 aromatic heterocycles. The summed E-state index contributed by atoms with van der Waals surface area (Å²) < 4.78 is 57.9. The fourth-order valence-corrected chi connectivity index (χ4v) is 6.67. The van der Waals surface area contributed by atoms with Crippen LogP contribution in [0.3, 0.4) is 0 Å². The molecule has 1 aliphatic heterocycles. The Morgan fingerprint density at radius 2 is 1.24 bits per heavy atom. The van der Waals surface area contributed by atoms with Crippen LogP contribution in [0.4, 0.5) is 13.2 Å². The van der Waals surface area contributed by atoms with Crippen molar-refractivity contribution in [3.8, 4) is 34.0 Å². The lowest BCUT2D eigenvalue weighted by atomic mass is 9.97. The quantitative estimate of drug-likeness (QED) is 0.116. The van der Waals surface area contributed by atoms with Gasteiger partial charge in [0.1, 0.15) is 22.9 Å². The van der Waals surface area contributed by atoms with Gasteiger partial charge in [-0.2, -0.15) is 8.78 Å². The Hall–Kier alpha value is -3.09. The molecule has 0 saturated heterocycles. The summed E-state index contributed by atoms with van der Waals surface area (Å²) in [7, 11) is 0. The minimum absolute atomic E-state index is 0.0489. The second-order valence-corrected chi connectivity index (χ2v) is 13.8. The Morgan fingerprint density at radius 1 is 0.674 bits per heavy atom. The molecule has 6 rings (SSSR count). The highest BCUT2D eigenvalue weighted by atomic mass is 19.3. The minimum atomic E-state index is -3.40. The summed E-state index contributed by atoms with van der Waals surface area (Å²) in [5.74, 6) is -1.61. The van der Waals surface area contributed by atoms with Crippen LogP contribution >= 0.6 is 0 Å². The third kappa shape index (κ3) is 8.83. The highest BCUT2D eigenvalue weighted by Crippen LogP contribution is 2.50. The molecule has 4 nitrogen and oxygen atoms in total. The van der Waals surface area contributed by atoms with Gasteiger partial charge in [-0.15, -0.1) is 0 Å². The lowest BCUT2D eigenvalue weighted by Gasteiger charge is -2.18. The molecular formula is C39H49F3N2O2. The average Bonchev–Trinajstić information content (AvgIpc) is 4.00. The van der Waals surface area contributed by atoms with E-state index in [1.54, 1.807) is 12.4 Å². The van der Waals surface area contributed by atoms with E-state index in [1.165, 1.54) is 89.2 Å². The molecule has 7 heteroatoms. The normalized spacial score (nSPS) is 18.4. The molecule has 3 aromatic rings. The molecule has 3 aliphatic rings. The van der Waals surface area contributed by atoms with E-state index in [1.807, 2.05) is 24.3 Å². The fraction of sp³-hybridized carbons (Fsp3) is 0.590. The van der Waals surface area contributed by atoms with Gasteiger partial charge in [-0.25, -0.2) is 14.4 Å². The van der Waals surface area contributed by atoms with Crippen LogP contribution in [-0.4, -0.2) is 22.7 Å². The van der Waals surface area contributed by atoms with E-state index in [0.29, 0.717) is 13.0 Å². The SMILES string of the molecule is Fc1c(-c2ncc(-c3ccc(OCCCCCCC4CC4)cc3)cn2)ccc2c1C(F)(F)C(CCCCCCCCCC1CC1)O2. The van der Waals surface area contributed by atoms with Crippen molar-refractivity contribution in [1.29, 1.82) is 0 Å². The zero-order chi connectivity index (χ0) is 31.8. The molecule has 1 atom stereocenters. The molecule has 0 spiro atoms. The Bertz CT molecular complexity index is 1390. The monoisotopic (exact) mass is 634 g/mol.